The van der Waals surface area contributed by atoms with Gasteiger partial charge in [-0.25, -0.2) is 4.79 Å². The molecule has 0 saturated carbocycles. The molecule has 0 bridgehead atoms. The Hall–Kier alpha value is -1.84. The Morgan fingerprint density at radius 3 is 2.67 bits per heavy atom. The second-order valence-electron chi connectivity index (χ2n) is 2.98. The van der Waals surface area contributed by atoms with Crippen molar-refractivity contribution in [1.29, 1.82) is 0 Å². The molecule has 1 N–H and O–H groups in total. The lowest BCUT2D eigenvalue weighted by Gasteiger charge is -2.12. The Bertz CT molecular complexity index is 324. The minimum Gasteiger partial charge on any atom is -0.425 e. The number of amides is 1. The van der Waals surface area contributed by atoms with Crippen LogP contribution >= 0.6 is 0 Å². The van der Waals surface area contributed by atoms with Crippen molar-refractivity contribution in [2.75, 3.05) is 0 Å². The summed E-state index contributed by atoms with van der Waals surface area (Å²) in [7, 11) is 0. The molecule has 4 nitrogen and oxygen atoms in total. The lowest BCUT2D eigenvalue weighted by Crippen LogP contribution is -2.38. The third kappa shape index (κ3) is 3.42. The minimum absolute atomic E-state index is 0.448. The number of hydrogen-bond donors (Lipinski definition) is 1. The Labute approximate surface area is 88.2 Å². The molecule has 80 valence electrons. The molecule has 1 amide bonds. The van der Waals surface area contributed by atoms with Gasteiger partial charge in [0.1, 0.15) is 11.8 Å². The number of hydrogen-bond acceptors (Lipinski definition) is 3. The fourth-order valence-corrected chi connectivity index (χ4v) is 1.11. The number of carbonyl (C=O) groups excluding carboxylic acids is 2. The normalized spacial score (nSPS) is 11.5. The number of rotatable bonds is 5. The third-order valence-corrected chi connectivity index (χ3v) is 1.92. The highest BCUT2D eigenvalue weighted by atomic mass is 16.5. The van der Waals surface area contributed by atoms with E-state index in [1.54, 1.807) is 31.2 Å². The number of benzene rings is 1. The highest BCUT2D eigenvalue weighted by Gasteiger charge is 2.17. The summed E-state index contributed by atoms with van der Waals surface area (Å²) >= 11 is 0. The highest BCUT2D eigenvalue weighted by molar-refractivity contribution is 5.80. The lowest BCUT2D eigenvalue weighted by atomic mass is 10.2. The Kier molecular flexibility index (Phi) is 4.34. The smallest absolute Gasteiger partial charge is 0.334 e. The van der Waals surface area contributed by atoms with E-state index in [4.69, 9.17) is 4.74 Å². The molecule has 0 aliphatic rings. The molecule has 1 aromatic carbocycles. The first-order valence-corrected chi connectivity index (χ1v) is 4.74. The molecule has 1 unspecified atom stereocenters. The van der Waals surface area contributed by atoms with Gasteiger partial charge in [-0.1, -0.05) is 25.1 Å². The third-order valence-electron chi connectivity index (χ3n) is 1.92. The summed E-state index contributed by atoms with van der Waals surface area (Å²) in [5.41, 5.74) is 0. The molecule has 0 radical (unpaired) electrons. The topological polar surface area (TPSA) is 55.4 Å². The molecule has 0 aromatic heterocycles. The Morgan fingerprint density at radius 1 is 1.47 bits per heavy atom. The van der Waals surface area contributed by atoms with E-state index < -0.39 is 12.0 Å². The standard InChI is InChI=1S/C11H13NO3/c1-2-10(12-8-13)11(14)15-9-6-4-3-5-7-9/h3-8,10H,2H2,1H3,(H,12,13). The number of ether oxygens (including phenoxy) is 1. The first kappa shape index (κ1) is 11.2. The summed E-state index contributed by atoms with van der Waals surface area (Å²) in [6.07, 6.45) is 1.00. The van der Waals surface area contributed by atoms with Crippen molar-refractivity contribution in [3.8, 4) is 5.75 Å². The zero-order valence-corrected chi connectivity index (χ0v) is 8.47. The van der Waals surface area contributed by atoms with E-state index in [1.165, 1.54) is 0 Å². The second-order valence-corrected chi connectivity index (χ2v) is 2.98. The summed E-state index contributed by atoms with van der Waals surface area (Å²) in [5.74, 6) is 0.0319. The molecule has 0 saturated heterocycles. The van der Waals surface area contributed by atoms with Gasteiger partial charge < -0.3 is 10.1 Å². The molecular weight excluding hydrogens is 194 g/mol. The SMILES string of the molecule is CCC(NC=O)C(=O)Oc1ccccc1. The van der Waals surface area contributed by atoms with Gasteiger partial charge >= 0.3 is 5.97 Å². The molecule has 1 rings (SSSR count). The number of para-hydroxylation sites is 1. The summed E-state index contributed by atoms with van der Waals surface area (Å²) in [5, 5.41) is 2.40. The summed E-state index contributed by atoms with van der Waals surface area (Å²) in [6, 6.07) is 8.17. The van der Waals surface area contributed by atoms with Gasteiger partial charge in [0.25, 0.3) is 0 Å². The van der Waals surface area contributed by atoms with Gasteiger partial charge in [0.15, 0.2) is 0 Å². The Balaban J connectivity index is 2.58. The van der Waals surface area contributed by atoms with E-state index in [1.807, 2.05) is 6.07 Å². The zero-order chi connectivity index (χ0) is 11.1. The van der Waals surface area contributed by atoms with Crippen LogP contribution < -0.4 is 10.1 Å². The second kappa shape index (κ2) is 5.80. The minimum atomic E-state index is -0.581. The van der Waals surface area contributed by atoms with Crippen molar-refractivity contribution in [1.82, 2.24) is 5.32 Å². The van der Waals surface area contributed by atoms with Gasteiger partial charge in [0.2, 0.25) is 6.41 Å². The first-order chi connectivity index (χ1) is 7.27. The van der Waals surface area contributed by atoms with Crippen molar-refractivity contribution in [2.45, 2.75) is 19.4 Å². The maximum absolute atomic E-state index is 11.5. The average Bonchev–Trinajstić information content (AvgIpc) is 2.27. The van der Waals surface area contributed by atoms with Crippen LogP contribution in [-0.4, -0.2) is 18.4 Å². The molecule has 0 fully saturated rings. The molecule has 1 atom stereocenters. The van der Waals surface area contributed by atoms with E-state index in [0.717, 1.165) is 0 Å². The van der Waals surface area contributed by atoms with Gasteiger partial charge in [0.05, 0.1) is 0 Å². The van der Waals surface area contributed by atoms with E-state index in [2.05, 4.69) is 5.32 Å². The molecule has 15 heavy (non-hydrogen) atoms. The van der Waals surface area contributed by atoms with Gasteiger partial charge in [0, 0.05) is 0 Å². The number of esters is 1. The van der Waals surface area contributed by atoms with Gasteiger partial charge in [-0.15, -0.1) is 0 Å². The molecule has 4 heteroatoms. The van der Waals surface area contributed by atoms with Crippen LogP contribution in [0.5, 0.6) is 5.75 Å². The van der Waals surface area contributed by atoms with Crippen LogP contribution in [0.15, 0.2) is 30.3 Å². The van der Waals surface area contributed by atoms with Crippen LogP contribution in [0.2, 0.25) is 0 Å². The van der Waals surface area contributed by atoms with Gasteiger partial charge in [-0.2, -0.15) is 0 Å². The molecule has 0 heterocycles. The Morgan fingerprint density at radius 2 is 2.13 bits per heavy atom. The molecule has 1 aromatic rings. The van der Waals surface area contributed by atoms with Crippen LogP contribution in [0.3, 0.4) is 0 Å². The fourth-order valence-electron chi connectivity index (χ4n) is 1.11. The van der Waals surface area contributed by atoms with E-state index in [-0.39, 0.29) is 0 Å². The molecule has 0 spiro atoms. The molecular formula is C11H13NO3. The van der Waals surface area contributed by atoms with Crippen molar-refractivity contribution < 1.29 is 14.3 Å². The molecule has 0 aliphatic heterocycles. The quantitative estimate of drug-likeness (QED) is 0.447. The van der Waals surface area contributed by atoms with E-state index in [9.17, 15) is 9.59 Å². The maximum Gasteiger partial charge on any atom is 0.334 e. The monoisotopic (exact) mass is 207 g/mol. The summed E-state index contributed by atoms with van der Waals surface area (Å²) < 4.78 is 5.06. The van der Waals surface area contributed by atoms with Crippen LogP contribution in [0.25, 0.3) is 0 Å². The number of nitrogens with one attached hydrogen (secondary N) is 1. The van der Waals surface area contributed by atoms with Gasteiger partial charge in [-0.3, -0.25) is 4.79 Å². The van der Waals surface area contributed by atoms with E-state index in [0.29, 0.717) is 18.6 Å². The highest BCUT2D eigenvalue weighted by Crippen LogP contribution is 2.09. The number of carbonyl (C=O) groups is 2. The summed E-state index contributed by atoms with van der Waals surface area (Å²) in [4.78, 5) is 21.7. The van der Waals surface area contributed by atoms with Crippen molar-refractivity contribution in [2.24, 2.45) is 0 Å². The first-order valence-electron chi connectivity index (χ1n) is 4.74. The van der Waals surface area contributed by atoms with Crippen molar-refractivity contribution >= 4 is 12.4 Å². The largest absolute Gasteiger partial charge is 0.425 e. The summed E-state index contributed by atoms with van der Waals surface area (Å²) in [6.45, 7) is 1.80. The van der Waals surface area contributed by atoms with E-state index >= 15 is 0 Å². The van der Waals surface area contributed by atoms with Crippen molar-refractivity contribution in [3.63, 3.8) is 0 Å². The predicted molar refractivity (Wildman–Crippen MR) is 55.4 cm³/mol. The zero-order valence-electron chi connectivity index (χ0n) is 8.47. The average molecular weight is 207 g/mol. The van der Waals surface area contributed by atoms with Crippen LogP contribution in [0, 0.1) is 0 Å². The van der Waals surface area contributed by atoms with Gasteiger partial charge in [-0.05, 0) is 18.6 Å². The molecule has 0 aliphatic carbocycles. The van der Waals surface area contributed by atoms with Crippen LogP contribution in [-0.2, 0) is 9.59 Å². The van der Waals surface area contributed by atoms with Crippen LogP contribution in [0.1, 0.15) is 13.3 Å². The van der Waals surface area contributed by atoms with Crippen molar-refractivity contribution in [3.05, 3.63) is 30.3 Å². The van der Waals surface area contributed by atoms with Crippen LogP contribution in [0.4, 0.5) is 0 Å². The predicted octanol–water partition coefficient (Wildman–Crippen LogP) is 1.12. The fraction of sp³-hybridized carbons (Fsp3) is 0.273. The maximum atomic E-state index is 11.5. The lowest BCUT2D eigenvalue weighted by molar-refractivity contribution is -0.138.